The van der Waals surface area contributed by atoms with E-state index in [2.05, 4.69) is 4.98 Å². The number of carbonyl (C=O) groups excluding carboxylic acids is 1. The van der Waals surface area contributed by atoms with Crippen molar-refractivity contribution in [3.05, 3.63) is 24.5 Å². The smallest absolute Gasteiger partial charge is 0.243 e. The van der Waals surface area contributed by atoms with Crippen LogP contribution in [0.4, 0.5) is 5.69 Å². The maximum Gasteiger partial charge on any atom is 0.243 e. The molecule has 0 spiro atoms. The van der Waals surface area contributed by atoms with Crippen LogP contribution >= 0.6 is 0 Å². The molecule has 4 nitrogen and oxygen atoms in total. The van der Waals surface area contributed by atoms with Crippen LogP contribution in [-0.2, 0) is 4.79 Å². The summed E-state index contributed by atoms with van der Waals surface area (Å²) >= 11 is 0. The Labute approximate surface area is 90.1 Å². The molecule has 2 N–H and O–H groups in total. The molecule has 0 aliphatic carbocycles. The summed E-state index contributed by atoms with van der Waals surface area (Å²) in [7, 11) is 0. The van der Waals surface area contributed by atoms with Gasteiger partial charge >= 0.3 is 0 Å². The van der Waals surface area contributed by atoms with Crippen LogP contribution < -0.4 is 10.6 Å². The summed E-state index contributed by atoms with van der Waals surface area (Å²) in [4.78, 5) is 17.5. The Morgan fingerprint density at radius 2 is 2.07 bits per heavy atom. The van der Waals surface area contributed by atoms with Gasteiger partial charge in [-0.05, 0) is 25.5 Å². The monoisotopic (exact) mass is 207 g/mol. The van der Waals surface area contributed by atoms with Crippen LogP contribution in [0.1, 0.15) is 20.3 Å². The third-order valence-electron chi connectivity index (χ3n) is 2.31. The average Bonchev–Trinajstić information content (AvgIpc) is 2.30. The number of nitrogens with two attached hydrogens (primary N) is 1. The van der Waals surface area contributed by atoms with Crippen molar-refractivity contribution in [2.24, 2.45) is 5.73 Å². The Morgan fingerprint density at radius 1 is 1.47 bits per heavy atom. The molecule has 0 saturated carbocycles. The van der Waals surface area contributed by atoms with E-state index in [0.717, 1.165) is 5.69 Å². The fourth-order valence-electron chi connectivity index (χ4n) is 1.36. The number of anilines is 1. The van der Waals surface area contributed by atoms with Crippen molar-refractivity contribution >= 4 is 11.6 Å². The van der Waals surface area contributed by atoms with Gasteiger partial charge in [0.05, 0.1) is 6.04 Å². The topological polar surface area (TPSA) is 59.2 Å². The van der Waals surface area contributed by atoms with Gasteiger partial charge in [-0.2, -0.15) is 0 Å². The molecule has 0 aromatic carbocycles. The van der Waals surface area contributed by atoms with Crippen molar-refractivity contribution in [3.8, 4) is 0 Å². The zero-order valence-electron chi connectivity index (χ0n) is 9.18. The fraction of sp³-hybridized carbons (Fsp3) is 0.455. The van der Waals surface area contributed by atoms with Gasteiger partial charge in [-0.15, -0.1) is 0 Å². The molecule has 1 amide bonds. The maximum atomic E-state index is 11.9. The van der Waals surface area contributed by atoms with E-state index in [1.54, 1.807) is 17.3 Å². The predicted molar refractivity (Wildman–Crippen MR) is 60.5 cm³/mol. The minimum Gasteiger partial charge on any atom is -0.320 e. The Bertz CT molecular complexity index is 313. The number of likely N-dealkylation sites (N-methyl/N-ethyl adjacent to an activating group) is 1. The number of hydrogen-bond donors (Lipinski definition) is 1. The number of pyridine rings is 1. The van der Waals surface area contributed by atoms with Crippen molar-refractivity contribution in [3.63, 3.8) is 0 Å². The number of rotatable bonds is 4. The third-order valence-corrected chi connectivity index (χ3v) is 2.31. The molecule has 1 heterocycles. The van der Waals surface area contributed by atoms with Gasteiger partial charge in [-0.1, -0.05) is 6.92 Å². The van der Waals surface area contributed by atoms with Crippen LogP contribution in [0.25, 0.3) is 0 Å². The highest BCUT2D eigenvalue weighted by molar-refractivity contribution is 5.96. The first-order chi connectivity index (χ1) is 7.20. The van der Waals surface area contributed by atoms with E-state index in [0.29, 0.717) is 13.0 Å². The normalized spacial score (nSPS) is 12.2. The molecule has 0 fully saturated rings. The van der Waals surface area contributed by atoms with Gasteiger partial charge in [0.15, 0.2) is 0 Å². The number of amides is 1. The van der Waals surface area contributed by atoms with E-state index in [4.69, 9.17) is 5.73 Å². The van der Waals surface area contributed by atoms with Gasteiger partial charge in [0, 0.05) is 24.6 Å². The minimum atomic E-state index is -0.418. The zero-order valence-corrected chi connectivity index (χ0v) is 9.18. The van der Waals surface area contributed by atoms with E-state index in [1.807, 2.05) is 26.0 Å². The molecule has 0 radical (unpaired) electrons. The first-order valence-electron chi connectivity index (χ1n) is 5.17. The lowest BCUT2D eigenvalue weighted by Crippen LogP contribution is -2.43. The highest BCUT2D eigenvalue weighted by Crippen LogP contribution is 2.13. The average molecular weight is 207 g/mol. The van der Waals surface area contributed by atoms with Crippen LogP contribution in [0.2, 0.25) is 0 Å². The van der Waals surface area contributed by atoms with Gasteiger partial charge in [0.25, 0.3) is 0 Å². The highest BCUT2D eigenvalue weighted by atomic mass is 16.2. The third kappa shape index (κ3) is 2.76. The largest absolute Gasteiger partial charge is 0.320 e. The lowest BCUT2D eigenvalue weighted by molar-refractivity contribution is -0.119. The number of aromatic nitrogens is 1. The molecule has 0 aliphatic heterocycles. The number of hydrogen-bond acceptors (Lipinski definition) is 3. The van der Waals surface area contributed by atoms with E-state index in [-0.39, 0.29) is 5.91 Å². The van der Waals surface area contributed by atoms with E-state index < -0.39 is 6.04 Å². The Morgan fingerprint density at radius 3 is 2.53 bits per heavy atom. The van der Waals surface area contributed by atoms with E-state index >= 15 is 0 Å². The summed E-state index contributed by atoms with van der Waals surface area (Å²) in [6.45, 7) is 4.46. The second kappa shape index (κ2) is 5.46. The van der Waals surface area contributed by atoms with Crippen LogP contribution in [0, 0.1) is 0 Å². The first kappa shape index (κ1) is 11.7. The molecule has 82 valence electrons. The minimum absolute atomic E-state index is 0.0359. The fourth-order valence-corrected chi connectivity index (χ4v) is 1.36. The summed E-state index contributed by atoms with van der Waals surface area (Å²) < 4.78 is 0. The van der Waals surface area contributed by atoms with Crippen LogP contribution in [0.15, 0.2) is 24.5 Å². The van der Waals surface area contributed by atoms with Crippen LogP contribution in [0.3, 0.4) is 0 Å². The quantitative estimate of drug-likeness (QED) is 0.806. The maximum absolute atomic E-state index is 11.9. The van der Waals surface area contributed by atoms with Crippen LogP contribution in [0.5, 0.6) is 0 Å². The van der Waals surface area contributed by atoms with Gasteiger partial charge in [-0.25, -0.2) is 0 Å². The summed E-state index contributed by atoms with van der Waals surface area (Å²) in [6.07, 6.45) is 3.99. The van der Waals surface area contributed by atoms with Gasteiger partial charge < -0.3 is 10.6 Å². The molecule has 0 aliphatic rings. The Kier molecular flexibility index (Phi) is 4.24. The van der Waals surface area contributed by atoms with Crippen molar-refractivity contribution in [2.45, 2.75) is 26.3 Å². The molecule has 1 rings (SSSR count). The standard InChI is InChI=1S/C11H17N3O/c1-3-10(12)11(15)14(4-2)9-5-7-13-8-6-9/h5-8,10H,3-4,12H2,1-2H3. The first-order valence-corrected chi connectivity index (χ1v) is 5.17. The molecular weight excluding hydrogens is 190 g/mol. The molecule has 0 saturated heterocycles. The highest BCUT2D eigenvalue weighted by Gasteiger charge is 2.19. The lowest BCUT2D eigenvalue weighted by Gasteiger charge is -2.23. The zero-order chi connectivity index (χ0) is 11.3. The SMILES string of the molecule is CCC(N)C(=O)N(CC)c1ccncc1. The second-order valence-electron chi connectivity index (χ2n) is 3.30. The predicted octanol–water partition coefficient (Wildman–Crippen LogP) is 1.17. The van der Waals surface area contributed by atoms with Crippen molar-refractivity contribution in [1.29, 1.82) is 0 Å². The summed E-state index contributed by atoms with van der Waals surface area (Å²) in [5.74, 6) is -0.0359. The van der Waals surface area contributed by atoms with E-state index in [1.165, 1.54) is 0 Å². The molecular formula is C11H17N3O. The molecule has 1 atom stereocenters. The molecule has 1 aromatic rings. The molecule has 4 heteroatoms. The van der Waals surface area contributed by atoms with Gasteiger partial charge in [0.1, 0.15) is 0 Å². The Balaban J connectivity index is 2.85. The van der Waals surface area contributed by atoms with E-state index in [9.17, 15) is 4.79 Å². The molecule has 1 aromatic heterocycles. The summed E-state index contributed by atoms with van der Waals surface area (Å²) in [6, 6.07) is 3.20. The second-order valence-corrected chi connectivity index (χ2v) is 3.30. The Hall–Kier alpha value is -1.42. The summed E-state index contributed by atoms with van der Waals surface area (Å²) in [5.41, 5.74) is 6.57. The van der Waals surface area contributed by atoms with Gasteiger partial charge in [-0.3, -0.25) is 9.78 Å². The number of carbonyl (C=O) groups is 1. The molecule has 15 heavy (non-hydrogen) atoms. The van der Waals surface area contributed by atoms with Crippen LogP contribution in [-0.4, -0.2) is 23.5 Å². The van der Waals surface area contributed by atoms with Crippen molar-refractivity contribution in [1.82, 2.24) is 4.98 Å². The molecule has 0 bridgehead atoms. The lowest BCUT2D eigenvalue weighted by atomic mass is 10.2. The summed E-state index contributed by atoms with van der Waals surface area (Å²) in [5, 5.41) is 0. The molecule has 1 unspecified atom stereocenters. The van der Waals surface area contributed by atoms with Gasteiger partial charge in [0.2, 0.25) is 5.91 Å². The van der Waals surface area contributed by atoms with Crippen molar-refractivity contribution in [2.75, 3.05) is 11.4 Å². The van der Waals surface area contributed by atoms with Crippen molar-refractivity contribution < 1.29 is 4.79 Å². The number of nitrogens with zero attached hydrogens (tertiary/aromatic N) is 2.